The van der Waals surface area contributed by atoms with Crippen molar-refractivity contribution in [3.63, 3.8) is 0 Å². The van der Waals surface area contributed by atoms with E-state index in [4.69, 9.17) is 9.15 Å². The Hall–Kier alpha value is -1.79. The molecule has 1 aliphatic heterocycles. The zero-order valence-electron chi connectivity index (χ0n) is 14.7. The summed E-state index contributed by atoms with van der Waals surface area (Å²) in [6, 6.07) is 11.5. The van der Waals surface area contributed by atoms with E-state index in [9.17, 15) is 4.79 Å². The number of ether oxygens (including phenoxy) is 1. The van der Waals surface area contributed by atoms with Crippen LogP contribution < -0.4 is 4.74 Å². The van der Waals surface area contributed by atoms with Gasteiger partial charge in [-0.05, 0) is 57.3 Å². The predicted octanol–water partition coefficient (Wildman–Crippen LogP) is 3.79. The van der Waals surface area contributed by atoms with Crippen molar-refractivity contribution in [1.82, 2.24) is 9.80 Å². The number of rotatable bonds is 4. The van der Waals surface area contributed by atoms with Gasteiger partial charge in [0.05, 0.1) is 0 Å². The van der Waals surface area contributed by atoms with Gasteiger partial charge in [-0.1, -0.05) is 15.9 Å². The lowest BCUT2D eigenvalue weighted by molar-refractivity contribution is 0.0319. The van der Waals surface area contributed by atoms with Crippen molar-refractivity contribution in [2.45, 2.75) is 32.5 Å². The molecule has 0 spiro atoms. The minimum atomic E-state index is -0.0528. The van der Waals surface area contributed by atoms with Gasteiger partial charge in [-0.25, -0.2) is 0 Å². The van der Waals surface area contributed by atoms with Gasteiger partial charge in [0, 0.05) is 29.6 Å². The summed E-state index contributed by atoms with van der Waals surface area (Å²) in [5.41, 5.74) is 0. The number of halogens is 1. The fourth-order valence-corrected chi connectivity index (χ4v) is 3.63. The third kappa shape index (κ3) is 4.25. The van der Waals surface area contributed by atoms with Crippen LogP contribution in [0.1, 0.15) is 30.2 Å². The van der Waals surface area contributed by atoms with E-state index < -0.39 is 0 Å². The third-order valence-corrected chi connectivity index (χ3v) is 4.93. The number of furan rings is 1. The molecule has 0 saturated carbocycles. The van der Waals surface area contributed by atoms with Crippen LogP contribution >= 0.6 is 15.9 Å². The molecule has 5 nitrogen and oxygen atoms in total. The number of nitrogens with zero attached hydrogens (tertiary/aromatic N) is 2. The number of carbonyl (C=O) groups excluding carboxylic acids is 1. The van der Waals surface area contributed by atoms with Gasteiger partial charge in [-0.15, -0.1) is 0 Å². The topological polar surface area (TPSA) is 45.9 Å². The summed E-state index contributed by atoms with van der Waals surface area (Å²) in [6.07, 6.45) is 0. The number of benzene rings is 1. The monoisotopic (exact) mass is 406 g/mol. The maximum atomic E-state index is 12.8. The maximum absolute atomic E-state index is 12.8. The molecule has 0 radical (unpaired) electrons. The Labute approximate surface area is 156 Å². The van der Waals surface area contributed by atoms with Crippen LogP contribution in [0.5, 0.6) is 5.75 Å². The molecule has 134 valence electrons. The van der Waals surface area contributed by atoms with Crippen molar-refractivity contribution in [3.05, 3.63) is 52.4 Å². The molecule has 2 atom stereocenters. The van der Waals surface area contributed by atoms with Crippen LogP contribution in [0.2, 0.25) is 0 Å². The van der Waals surface area contributed by atoms with E-state index >= 15 is 0 Å². The first-order valence-corrected chi connectivity index (χ1v) is 9.21. The van der Waals surface area contributed by atoms with E-state index in [1.165, 1.54) is 0 Å². The highest BCUT2D eigenvalue weighted by atomic mass is 79.9. The molecule has 1 aromatic heterocycles. The molecule has 1 aliphatic rings. The molecule has 6 heteroatoms. The van der Waals surface area contributed by atoms with Crippen molar-refractivity contribution in [3.8, 4) is 5.75 Å². The summed E-state index contributed by atoms with van der Waals surface area (Å²) in [5, 5.41) is 0. The van der Waals surface area contributed by atoms with Gasteiger partial charge < -0.3 is 19.0 Å². The van der Waals surface area contributed by atoms with E-state index in [2.05, 4.69) is 41.7 Å². The van der Waals surface area contributed by atoms with Gasteiger partial charge in [-0.2, -0.15) is 0 Å². The second-order valence-electron chi connectivity index (χ2n) is 6.64. The fourth-order valence-electron chi connectivity index (χ4n) is 3.37. The molecule has 1 aromatic carbocycles. The third-order valence-electron chi connectivity index (χ3n) is 4.40. The van der Waals surface area contributed by atoms with Crippen LogP contribution in [0.15, 0.2) is 45.3 Å². The van der Waals surface area contributed by atoms with Crippen molar-refractivity contribution in [2.24, 2.45) is 0 Å². The largest absolute Gasteiger partial charge is 0.486 e. The maximum Gasteiger partial charge on any atom is 0.290 e. The SMILES string of the molecule is C[C@@H]1CN(C)C[C@H](C)N1C(=O)c1ccc(COc2ccc(Br)cc2)o1. The first kappa shape index (κ1) is 18.0. The highest BCUT2D eigenvalue weighted by Gasteiger charge is 2.33. The van der Waals surface area contributed by atoms with Gasteiger partial charge in [0.15, 0.2) is 5.76 Å². The molecular weight excluding hydrogens is 384 g/mol. The van der Waals surface area contributed by atoms with Crippen molar-refractivity contribution < 1.29 is 13.9 Å². The average molecular weight is 407 g/mol. The molecule has 1 amide bonds. The molecule has 1 saturated heterocycles. The Kier molecular flexibility index (Phi) is 5.49. The van der Waals surface area contributed by atoms with Gasteiger partial charge in [-0.3, -0.25) is 4.79 Å². The van der Waals surface area contributed by atoms with Gasteiger partial charge in [0.25, 0.3) is 5.91 Å². The van der Waals surface area contributed by atoms with Gasteiger partial charge in [0.1, 0.15) is 18.1 Å². The Morgan fingerprint density at radius 3 is 2.44 bits per heavy atom. The average Bonchev–Trinajstić information content (AvgIpc) is 3.02. The Morgan fingerprint density at radius 1 is 1.16 bits per heavy atom. The second kappa shape index (κ2) is 7.62. The number of amides is 1. The van der Waals surface area contributed by atoms with Crippen LogP contribution in [0, 0.1) is 0 Å². The zero-order valence-corrected chi connectivity index (χ0v) is 16.3. The molecule has 2 heterocycles. The first-order chi connectivity index (χ1) is 11.9. The molecule has 0 unspecified atom stereocenters. The van der Waals surface area contributed by atoms with E-state index in [0.717, 1.165) is 23.3 Å². The summed E-state index contributed by atoms with van der Waals surface area (Å²) in [7, 11) is 2.08. The second-order valence-corrected chi connectivity index (χ2v) is 7.56. The number of hydrogen-bond donors (Lipinski definition) is 0. The van der Waals surface area contributed by atoms with Crippen molar-refractivity contribution in [1.29, 1.82) is 0 Å². The standard InChI is InChI=1S/C19H23BrN2O3/c1-13-10-21(3)11-14(2)22(13)19(23)18-9-8-17(25-18)12-24-16-6-4-15(20)5-7-16/h4-9,13-14H,10-12H2,1-3H3/t13-,14+. The number of piperazine rings is 1. The zero-order chi connectivity index (χ0) is 18.0. The van der Waals surface area contributed by atoms with Crippen LogP contribution in [-0.4, -0.2) is 47.9 Å². The van der Waals surface area contributed by atoms with Gasteiger partial charge >= 0.3 is 0 Å². The molecule has 0 bridgehead atoms. The Bertz CT molecular complexity index is 717. The normalized spacial score (nSPS) is 21.4. The minimum Gasteiger partial charge on any atom is -0.486 e. The Balaban J connectivity index is 1.64. The molecule has 0 aliphatic carbocycles. The molecule has 1 fully saturated rings. The molecule has 3 rings (SSSR count). The lowest BCUT2D eigenvalue weighted by Crippen LogP contribution is -2.57. The lowest BCUT2D eigenvalue weighted by atomic mass is 10.1. The molecule has 2 aromatic rings. The van der Waals surface area contributed by atoms with Crippen LogP contribution in [0.3, 0.4) is 0 Å². The van der Waals surface area contributed by atoms with Crippen molar-refractivity contribution >= 4 is 21.8 Å². The van der Waals surface area contributed by atoms with E-state index in [1.807, 2.05) is 29.2 Å². The molecule has 0 N–H and O–H groups in total. The number of carbonyl (C=O) groups is 1. The summed E-state index contributed by atoms with van der Waals surface area (Å²) in [4.78, 5) is 17.0. The number of hydrogen-bond acceptors (Lipinski definition) is 4. The predicted molar refractivity (Wildman–Crippen MR) is 99.8 cm³/mol. The van der Waals surface area contributed by atoms with Crippen LogP contribution in [0.25, 0.3) is 0 Å². The van der Waals surface area contributed by atoms with E-state index in [0.29, 0.717) is 18.1 Å². The summed E-state index contributed by atoms with van der Waals surface area (Å²) in [6.45, 7) is 6.19. The summed E-state index contributed by atoms with van der Waals surface area (Å²) in [5.74, 6) is 1.72. The quantitative estimate of drug-likeness (QED) is 0.774. The number of likely N-dealkylation sites (N-methyl/N-ethyl adjacent to an activating group) is 1. The highest BCUT2D eigenvalue weighted by molar-refractivity contribution is 9.10. The molecule has 25 heavy (non-hydrogen) atoms. The lowest BCUT2D eigenvalue weighted by Gasteiger charge is -2.42. The van der Waals surface area contributed by atoms with Crippen molar-refractivity contribution in [2.75, 3.05) is 20.1 Å². The minimum absolute atomic E-state index is 0.0528. The van der Waals surface area contributed by atoms with Crippen LogP contribution in [-0.2, 0) is 6.61 Å². The van der Waals surface area contributed by atoms with Crippen LogP contribution in [0.4, 0.5) is 0 Å². The van der Waals surface area contributed by atoms with E-state index in [1.54, 1.807) is 12.1 Å². The smallest absolute Gasteiger partial charge is 0.290 e. The molecular formula is C19H23BrN2O3. The highest BCUT2D eigenvalue weighted by Crippen LogP contribution is 2.21. The summed E-state index contributed by atoms with van der Waals surface area (Å²) >= 11 is 3.39. The Morgan fingerprint density at radius 2 is 1.80 bits per heavy atom. The van der Waals surface area contributed by atoms with Gasteiger partial charge in [0.2, 0.25) is 0 Å². The summed E-state index contributed by atoms with van der Waals surface area (Å²) < 4.78 is 12.4. The van der Waals surface area contributed by atoms with E-state index in [-0.39, 0.29) is 18.0 Å². The first-order valence-electron chi connectivity index (χ1n) is 8.42. The fraction of sp³-hybridized carbons (Fsp3) is 0.421.